The van der Waals surface area contributed by atoms with Crippen LogP contribution in [0.5, 0.6) is 11.5 Å². The van der Waals surface area contributed by atoms with Crippen molar-refractivity contribution in [2.45, 2.75) is 13.8 Å². The number of aryl methyl sites for hydroxylation is 2. The molecule has 2 aromatic rings. The molecule has 0 bridgehead atoms. The van der Waals surface area contributed by atoms with Crippen LogP contribution in [0.4, 0.5) is 11.4 Å². The Labute approximate surface area is 136 Å². The Morgan fingerprint density at radius 3 is 2.43 bits per heavy atom. The standard InChI is InChI=1S/C18H22N2O3/c1-12-5-8-17(23-4)16(9-12)20-18(21)11-19-15-7-6-14(22-3)10-13(15)2/h5-10,19H,11H2,1-4H3,(H,20,21). The number of hydrogen-bond donors (Lipinski definition) is 2. The molecule has 0 aliphatic carbocycles. The fourth-order valence-electron chi connectivity index (χ4n) is 2.25. The Morgan fingerprint density at radius 1 is 1.00 bits per heavy atom. The van der Waals surface area contributed by atoms with Gasteiger partial charge in [0.05, 0.1) is 26.5 Å². The lowest BCUT2D eigenvalue weighted by molar-refractivity contribution is -0.114. The third kappa shape index (κ3) is 4.39. The molecule has 2 N–H and O–H groups in total. The molecule has 0 saturated heterocycles. The van der Waals surface area contributed by atoms with E-state index in [2.05, 4.69) is 10.6 Å². The van der Waals surface area contributed by atoms with Crippen molar-refractivity contribution < 1.29 is 14.3 Å². The summed E-state index contributed by atoms with van der Waals surface area (Å²) in [5, 5.41) is 5.99. The molecule has 0 spiro atoms. The molecule has 0 unspecified atom stereocenters. The van der Waals surface area contributed by atoms with Gasteiger partial charge in [-0.25, -0.2) is 0 Å². The number of methoxy groups -OCH3 is 2. The summed E-state index contributed by atoms with van der Waals surface area (Å²) in [6, 6.07) is 11.3. The highest BCUT2D eigenvalue weighted by Crippen LogP contribution is 2.25. The van der Waals surface area contributed by atoms with Crippen molar-refractivity contribution in [3.63, 3.8) is 0 Å². The largest absolute Gasteiger partial charge is 0.497 e. The van der Waals surface area contributed by atoms with E-state index in [0.29, 0.717) is 11.4 Å². The number of carbonyl (C=O) groups is 1. The van der Waals surface area contributed by atoms with E-state index in [1.165, 1.54) is 0 Å². The van der Waals surface area contributed by atoms with Gasteiger partial charge < -0.3 is 20.1 Å². The van der Waals surface area contributed by atoms with E-state index in [1.54, 1.807) is 14.2 Å². The average Bonchev–Trinajstić information content (AvgIpc) is 2.54. The molecular weight excluding hydrogens is 292 g/mol. The van der Waals surface area contributed by atoms with Crippen LogP contribution in [0.1, 0.15) is 11.1 Å². The van der Waals surface area contributed by atoms with Gasteiger partial charge in [-0.15, -0.1) is 0 Å². The number of amides is 1. The van der Waals surface area contributed by atoms with Crippen molar-refractivity contribution in [3.05, 3.63) is 47.5 Å². The SMILES string of the molecule is COc1ccc(NCC(=O)Nc2cc(C)ccc2OC)c(C)c1. The first kappa shape index (κ1) is 16.7. The van der Waals surface area contributed by atoms with Gasteiger partial charge in [0.2, 0.25) is 5.91 Å². The lowest BCUT2D eigenvalue weighted by Crippen LogP contribution is -2.22. The number of benzene rings is 2. The van der Waals surface area contributed by atoms with Gasteiger partial charge in [-0.1, -0.05) is 6.07 Å². The Hall–Kier alpha value is -2.69. The van der Waals surface area contributed by atoms with Crippen LogP contribution in [0.25, 0.3) is 0 Å². The van der Waals surface area contributed by atoms with E-state index in [1.807, 2.05) is 50.2 Å². The van der Waals surface area contributed by atoms with Crippen LogP contribution >= 0.6 is 0 Å². The highest BCUT2D eigenvalue weighted by atomic mass is 16.5. The van der Waals surface area contributed by atoms with Crippen LogP contribution in [-0.4, -0.2) is 26.7 Å². The fraction of sp³-hybridized carbons (Fsp3) is 0.278. The first-order valence-electron chi connectivity index (χ1n) is 7.36. The van der Waals surface area contributed by atoms with E-state index in [0.717, 1.165) is 22.6 Å². The second kappa shape index (κ2) is 7.54. The minimum absolute atomic E-state index is 0.135. The molecule has 122 valence electrons. The predicted molar refractivity (Wildman–Crippen MR) is 92.6 cm³/mol. The summed E-state index contributed by atoms with van der Waals surface area (Å²) < 4.78 is 10.4. The minimum atomic E-state index is -0.135. The molecule has 2 rings (SSSR count). The maximum absolute atomic E-state index is 12.1. The predicted octanol–water partition coefficient (Wildman–Crippen LogP) is 3.37. The Bertz CT molecular complexity index is 699. The molecule has 0 heterocycles. The van der Waals surface area contributed by atoms with Crippen LogP contribution in [0.2, 0.25) is 0 Å². The average molecular weight is 314 g/mol. The van der Waals surface area contributed by atoms with Crippen molar-refractivity contribution in [3.8, 4) is 11.5 Å². The zero-order valence-electron chi connectivity index (χ0n) is 13.9. The third-order valence-corrected chi connectivity index (χ3v) is 3.50. The summed E-state index contributed by atoms with van der Waals surface area (Å²) in [5.41, 5.74) is 3.65. The highest BCUT2D eigenvalue weighted by molar-refractivity contribution is 5.95. The quantitative estimate of drug-likeness (QED) is 0.858. The summed E-state index contributed by atoms with van der Waals surface area (Å²) in [6.07, 6.45) is 0. The number of ether oxygens (including phenoxy) is 2. The van der Waals surface area contributed by atoms with Crippen molar-refractivity contribution in [1.29, 1.82) is 0 Å². The van der Waals surface area contributed by atoms with Crippen LogP contribution < -0.4 is 20.1 Å². The Balaban J connectivity index is 1.99. The van der Waals surface area contributed by atoms with Gasteiger partial charge in [0.25, 0.3) is 0 Å². The van der Waals surface area contributed by atoms with Gasteiger partial charge >= 0.3 is 0 Å². The van der Waals surface area contributed by atoms with Crippen LogP contribution in [0, 0.1) is 13.8 Å². The van der Waals surface area contributed by atoms with Gasteiger partial charge in [0, 0.05) is 5.69 Å². The number of rotatable bonds is 6. The first-order chi connectivity index (χ1) is 11.0. The summed E-state index contributed by atoms with van der Waals surface area (Å²) in [6.45, 7) is 4.10. The molecule has 0 saturated carbocycles. The fourth-order valence-corrected chi connectivity index (χ4v) is 2.25. The molecule has 23 heavy (non-hydrogen) atoms. The van der Waals surface area contributed by atoms with Gasteiger partial charge in [0.1, 0.15) is 11.5 Å². The lowest BCUT2D eigenvalue weighted by Gasteiger charge is -2.13. The molecule has 0 atom stereocenters. The molecule has 0 aromatic heterocycles. The first-order valence-corrected chi connectivity index (χ1v) is 7.36. The van der Waals surface area contributed by atoms with Gasteiger partial charge in [-0.2, -0.15) is 0 Å². The van der Waals surface area contributed by atoms with Gasteiger partial charge in [-0.05, 0) is 55.3 Å². The van der Waals surface area contributed by atoms with Crippen LogP contribution in [0.3, 0.4) is 0 Å². The highest BCUT2D eigenvalue weighted by Gasteiger charge is 2.08. The second-order valence-corrected chi connectivity index (χ2v) is 5.29. The third-order valence-electron chi connectivity index (χ3n) is 3.50. The topological polar surface area (TPSA) is 59.6 Å². The van der Waals surface area contributed by atoms with E-state index in [4.69, 9.17) is 9.47 Å². The van der Waals surface area contributed by atoms with Gasteiger partial charge in [0.15, 0.2) is 0 Å². The molecule has 0 fully saturated rings. The molecular formula is C18H22N2O3. The van der Waals surface area contributed by atoms with E-state index >= 15 is 0 Å². The second-order valence-electron chi connectivity index (χ2n) is 5.29. The Kier molecular flexibility index (Phi) is 5.46. The maximum Gasteiger partial charge on any atom is 0.243 e. The zero-order chi connectivity index (χ0) is 16.8. The van der Waals surface area contributed by atoms with Crippen molar-refractivity contribution in [1.82, 2.24) is 0 Å². The molecule has 0 aliphatic rings. The van der Waals surface area contributed by atoms with Crippen LogP contribution in [-0.2, 0) is 4.79 Å². The van der Waals surface area contributed by atoms with E-state index < -0.39 is 0 Å². The molecule has 5 heteroatoms. The summed E-state index contributed by atoms with van der Waals surface area (Å²) in [5.74, 6) is 1.30. The van der Waals surface area contributed by atoms with Crippen molar-refractivity contribution in [2.75, 3.05) is 31.4 Å². The van der Waals surface area contributed by atoms with Crippen molar-refractivity contribution >= 4 is 17.3 Å². The zero-order valence-corrected chi connectivity index (χ0v) is 13.9. The summed E-state index contributed by atoms with van der Waals surface area (Å²) in [4.78, 5) is 12.1. The normalized spacial score (nSPS) is 10.1. The lowest BCUT2D eigenvalue weighted by atomic mass is 10.2. The molecule has 2 aromatic carbocycles. The van der Waals surface area contributed by atoms with E-state index in [9.17, 15) is 4.79 Å². The molecule has 1 amide bonds. The van der Waals surface area contributed by atoms with E-state index in [-0.39, 0.29) is 12.5 Å². The Morgan fingerprint density at radius 2 is 1.78 bits per heavy atom. The molecule has 5 nitrogen and oxygen atoms in total. The number of nitrogens with one attached hydrogen (secondary N) is 2. The van der Waals surface area contributed by atoms with Crippen LogP contribution in [0.15, 0.2) is 36.4 Å². The number of carbonyl (C=O) groups excluding carboxylic acids is 1. The number of anilines is 2. The summed E-state index contributed by atoms with van der Waals surface area (Å²) in [7, 11) is 3.21. The molecule has 0 radical (unpaired) electrons. The molecule has 0 aliphatic heterocycles. The number of hydrogen-bond acceptors (Lipinski definition) is 4. The maximum atomic E-state index is 12.1. The monoisotopic (exact) mass is 314 g/mol. The van der Waals surface area contributed by atoms with Crippen molar-refractivity contribution in [2.24, 2.45) is 0 Å². The smallest absolute Gasteiger partial charge is 0.243 e. The summed E-state index contributed by atoms with van der Waals surface area (Å²) >= 11 is 0. The van der Waals surface area contributed by atoms with Gasteiger partial charge in [-0.3, -0.25) is 4.79 Å². The minimum Gasteiger partial charge on any atom is -0.497 e.